The number of phenols is 1. The largest absolute Gasteiger partial charge is 0.508 e. The minimum Gasteiger partial charge on any atom is -0.508 e. The molecular weight excluding hydrogens is 210 g/mol. The van der Waals surface area contributed by atoms with Crippen LogP contribution in [-0.4, -0.2) is 12.2 Å². The van der Waals surface area contributed by atoms with Crippen LogP contribution in [0.2, 0.25) is 0 Å². The van der Waals surface area contributed by atoms with Crippen molar-refractivity contribution in [1.29, 1.82) is 0 Å². The number of aryl methyl sites for hydroxylation is 2. The van der Waals surface area contributed by atoms with Gasteiger partial charge in [0.1, 0.15) is 5.75 Å². The molecule has 2 heteroatoms. The van der Waals surface area contributed by atoms with E-state index in [-0.39, 0.29) is 0 Å². The maximum Gasteiger partial charge on any atom is 0.115 e. The van der Waals surface area contributed by atoms with Gasteiger partial charge in [-0.15, -0.1) is 0 Å². The Kier molecular flexibility index (Phi) is 3.05. The van der Waals surface area contributed by atoms with Gasteiger partial charge in [0, 0.05) is 18.4 Å². The standard InChI is InChI=1S/C15H17NO/c1-11-4-6-13(7-5-11)16(3)15-9-8-14(17)10-12(15)2/h4-10,17H,1-3H3. The van der Waals surface area contributed by atoms with Gasteiger partial charge >= 0.3 is 0 Å². The molecule has 0 spiro atoms. The van der Waals surface area contributed by atoms with Gasteiger partial charge in [-0.05, 0) is 49.7 Å². The molecule has 0 radical (unpaired) electrons. The van der Waals surface area contributed by atoms with Crippen LogP contribution in [0, 0.1) is 13.8 Å². The van der Waals surface area contributed by atoms with E-state index in [0.717, 1.165) is 16.9 Å². The summed E-state index contributed by atoms with van der Waals surface area (Å²) in [6.45, 7) is 4.08. The fraction of sp³-hybridized carbons (Fsp3) is 0.200. The Morgan fingerprint density at radius 3 is 2.18 bits per heavy atom. The monoisotopic (exact) mass is 227 g/mol. The summed E-state index contributed by atoms with van der Waals surface area (Å²) in [4.78, 5) is 2.12. The van der Waals surface area contributed by atoms with E-state index in [9.17, 15) is 5.11 Å². The van der Waals surface area contributed by atoms with Crippen molar-refractivity contribution in [1.82, 2.24) is 0 Å². The zero-order valence-electron chi connectivity index (χ0n) is 10.4. The Morgan fingerprint density at radius 1 is 0.941 bits per heavy atom. The van der Waals surface area contributed by atoms with Gasteiger partial charge in [0.05, 0.1) is 0 Å². The van der Waals surface area contributed by atoms with Gasteiger partial charge in [-0.3, -0.25) is 0 Å². The molecule has 0 unspecified atom stereocenters. The van der Waals surface area contributed by atoms with Crippen molar-refractivity contribution in [3.8, 4) is 5.75 Å². The normalized spacial score (nSPS) is 10.3. The fourth-order valence-electron chi connectivity index (χ4n) is 1.92. The topological polar surface area (TPSA) is 23.5 Å². The Labute approximate surface area is 102 Å². The molecule has 0 atom stereocenters. The van der Waals surface area contributed by atoms with Crippen molar-refractivity contribution in [2.45, 2.75) is 13.8 Å². The molecule has 0 saturated heterocycles. The summed E-state index contributed by atoms with van der Waals surface area (Å²) in [5.41, 5.74) is 4.56. The highest BCUT2D eigenvalue weighted by Crippen LogP contribution is 2.28. The summed E-state index contributed by atoms with van der Waals surface area (Å²) in [5.74, 6) is 0.309. The van der Waals surface area contributed by atoms with Crippen LogP contribution in [-0.2, 0) is 0 Å². The van der Waals surface area contributed by atoms with E-state index in [1.165, 1.54) is 5.56 Å². The van der Waals surface area contributed by atoms with E-state index in [4.69, 9.17) is 0 Å². The first-order valence-electron chi connectivity index (χ1n) is 5.68. The first-order chi connectivity index (χ1) is 8.08. The third kappa shape index (κ3) is 2.41. The highest BCUT2D eigenvalue weighted by Gasteiger charge is 2.06. The average Bonchev–Trinajstić information content (AvgIpc) is 2.29. The molecule has 88 valence electrons. The fourth-order valence-corrected chi connectivity index (χ4v) is 1.92. The van der Waals surface area contributed by atoms with Gasteiger partial charge in [0.15, 0.2) is 0 Å². The number of anilines is 2. The van der Waals surface area contributed by atoms with Crippen LogP contribution in [0.3, 0.4) is 0 Å². The van der Waals surface area contributed by atoms with Crippen molar-refractivity contribution in [2.75, 3.05) is 11.9 Å². The van der Waals surface area contributed by atoms with Crippen LogP contribution in [0.1, 0.15) is 11.1 Å². The molecule has 0 amide bonds. The average molecular weight is 227 g/mol. The number of benzene rings is 2. The van der Waals surface area contributed by atoms with Crippen LogP contribution >= 0.6 is 0 Å². The SMILES string of the molecule is Cc1ccc(N(C)c2ccc(O)cc2C)cc1. The number of aromatic hydroxyl groups is 1. The smallest absolute Gasteiger partial charge is 0.115 e. The van der Waals surface area contributed by atoms with Crippen molar-refractivity contribution < 1.29 is 5.11 Å². The summed E-state index contributed by atoms with van der Waals surface area (Å²) < 4.78 is 0. The van der Waals surface area contributed by atoms with Crippen molar-refractivity contribution in [3.63, 3.8) is 0 Å². The van der Waals surface area contributed by atoms with E-state index in [1.807, 2.05) is 20.0 Å². The molecule has 2 aromatic carbocycles. The van der Waals surface area contributed by atoms with Gasteiger partial charge in [-0.2, -0.15) is 0 Å². The molecular formula is C15H17NO. The number of hydrogen-bond donors (Lipinski definition) is 1. The van der Waals surface area contributed by atoms with Crippen LogP contribution in [0.5, 0.6) is 5.75 Å². The second kappa shape index (κ2) is 4.50. The number of hydrogen-bond acceptors (Lipinski definition) is 2. The zero-order chi connectivity index (χ0) is 12.4. The Hall–Kier alpha value is -1.96. The number of nitrogens with zero attached hydrogens (tertiary/aromatic N) is 1. The molecule has 2 nitrogen and oxygen atoms in total. The summed E-state index contributed by atoms with van der Waals surface area (Å²) in [6.07, 6.45) is 0. The Morgan fingerprint density at radius 2 is 1.59 bits per heavy atom. The lowest BCUT2D eigenvalue weighted by Crippen LogP contribution is -2.10. The molecule has 0 aliphatic heterocycles. The second-order valence-corrected chi connectivity index (χ2v) is 4.37. The number of rotatable bonds is 2. The maximum absolute atomic E-state index is 9.41. The Bertz CT molecular complexity index is 517. The predicted octanol–water partition coefficient (Wildman–Crippen LogP) is 3.78. The van der Waals surface area contributed by atoms with Gasteiger partial charge < -0.3 is 10.0 Å². The van der Waals surface area contributed by atoms with Crippen LogP contribution in [0.15, 0.2) is 42.5 Å². The van der Waals surface area contributed by atoms with Gasteiger partial charge in [-0.25, -0.2) is 0 Å². The molecule has 0 aliphatic carbocycles. The van der Waals surface area contributed by atoms with Gasteiger partial charge in [0.2, 0.25) is 0 Å². The quantitative estimate of drug-likeness (QED) is 0.844. The molecule has 2 aromatic rings. The third-order valence-electron chi connectivity index (χ3n) is 2.96. The lowest BCUT2D eigenvalue weighted by Gasteiger charge is -2.21. The lowest BCUT2D eigenvalue weighted by molar-refractivity contribution is 0.475. The van der Waals surface area contributed by atoms with E-state index < -0.39 is 0 Å². The van der Waals surface area contributed by atoms with Crippen LogP contribution in [0.25, 0.3) is 0 Å². The Balaban J connectivity index is 2.36. The van der Waals surface area contributed by atoms with Crippen molar-refractivity contribution in [3.05, 3.63) is 53.6 Å². The summed E-state index contributed by atoms with van der Waals surface area (Å²) in [7, 11) is 2.03. The summed E-state index contributed by atoms with van der Waals surface area (Å²) in [6, 6.07) is 13.8. The molecule has 1 N–H and O–H groups in total. The summed E-state index contributed by atoms with van der Waals surface area (Å²) >= 11 is 0. The van der Waals surface area contributed by atoms with Crippen LogP contribution < -0.4 is 4.90 Å². The van der Waals surface area contributed by atoms with Crippen molar-refractivity contribution in [2.24, 2.45) is 0 Å². The molecule has 2 rings (SSSR count). The lowest BCUT2D eigenvalue weighted by atomic mass is 10.1. The molecule has 0 fully saturated rings. The molecule has 0 aromatic heterocycles. The first kappa shape index (κ1) is 11.5. The molecule has 0 aliphatic rings. The van der Waals surface area contributed by atoms with Gasteiger partial charge in [-0.1, -0.05) is 17.7 Å². The highest BCUT2D eigenvalue weighted by atomic mass is 16.3. The third-order valence-corrected chi connectivity index (χ3v) is 2.96. The molecule has 0 heterocycles. The predicted molar refractivity (Wildman–Crippen MR) is 72.1 cm³/mol. The highest BCUT2D eigenvalue weighted by molar-refractivity contribution is 5.66. The molecule has 0 saturated carbocycles. The molecule has 0 bridgehead atoms. The minimum absolute atomic E-state index is 0.309. The summed E-state index contributed by atoms with van der Waals surface area (Å²) in [5, 5.41) is 9.41. The van der Waals surface area contributed by atoms with Crippen molar-refractivity contribution >= 4 is 11.4 Å². The first-order valence-corrected chi connectivity index (χ1v) is 5.68. The van der Waals surface area contributed by atoms with E-state index in [0.29, 0.717) is 5.75 Å². The second-order valence-electron chi connectivity index (χ2n) is 4.37. The minimum atomic E-state index is 0.309. The van der Waals surface area contributed by atoms with Gasteiger partial charge in [0.25, 0.3) is 0 Å². The number of phenolic OH excluding ortho intramolecular Hbond substituents is 1. The van der Waals surface area contributed by atoms with E-state index in [1.54, 1.807) is 12.1 Å². The zero-order valence-corrected chi connectivity index (χ0v) is 10.4. The molecule has 17 heavy (non-hydrogen) atoms. The van der Waals surface area contributed by atoms with E-state index in [2.05, 4.69) is 36.1 Å². The van der Waals surface area contributed by atoms with Crippen LogP contribution in [0.4, 0.5) is 11.4 Å². The van der Waals surface area contributed by atoms with E-state index >= 15 is 0 Å². The maximum atomic E-state index is 9.41.